The van der Waals surface area contributed by atoms with E-state index in [2.05, 4.69) is 9.36 Å². The molecule has 8 heteroatoms. The highest BCUT2D eigenvalue weighted by Crippen LogP contribution is 2.36. The Morgan fingerprint density at radius 1 is 1.53 bits per heavy atom. The average molecular weight is 297 g/mol. The first-order valence-corrected chi connectivity index (χ1v) is 7.01. The third-order valence-corrected chi connectivity index (χ3v) is 4.28. The van der Waals surface area contributed by atoms with Crippen molar-refractivity contribution in [2.75, 3.05) is 0 Å². The molecular formula is C11H11N3O3S2. The minimum absolute atomic E-state index is 0.0312. The summed E-state index contributed by atoms with van der Waals surface area (Å²) in [5, 5.41) is 20.5. The molecule has 0 fully saturated rings. The van der Waals surface area contributed by atoms with Crippen molar-refractivity contribution in [2.45, 2.75) is 29.2 Å². The summed E-state index contributed by atoms with van der Waals surface area (Å²) in [5.74, 6) is 0.649. The lowest BCUT2D eigenvalue weighted by atomic mass is 10.1. The first-order chi connectivity index (χ1) is 8.97. The van der Waals surface area contributed by atoms with E-state index in [1.54, 1.807) is 26.0 Å². The van der Waals surface area contributed by atoms with Gasteiger partial charge in [0.15, 0.2) is 4.34 Å². The zero-order valence-electron chi connectivity index (χ0n) is 10.2. The van der Waals surface area contributed by atoms with Crippen molar-refractivity contribution in [1.29, 1.82) is 0 Å². The molecule has 0 radical (unpaired) electrons. The fourth-order valence-corrected chi connectivity index (χ4v) is 3.13. The maximum Gasteiger partial charge on any atom is 0.283 e. The molecule has 0 aliphatic rings. The molecule has 0 aliphatic heterocycles. The molecule has 100 valence electrons. The summed E-state index contributed by atoms with van der Waals surface area (Å²) < 4.78 is 4.69. The second-order valence-corrected chi connectivity index (χ2v) is 5.91. The first-order valence-electron chi connectivity index (χ1n) is 5.42. The van der Waals surface area contributed by atoms with E-state index >= 15 is 0 Å². The highest BCUT2D eigenvalue weighted by Gasteiger charge is 2.18. The lowest BCUT2D eigenvalue weighted by molar-refractivity contribution is -0.387. The number of nitrogens with zero attached hydrogens (tertiary/aromatic N) is 3. The fourth-order valence-electron chi connectivity index (χ4n) is 1.44. The van der Waals surface area contributed by atoms with Crippen LogP contribution in [0.15, 0.2) is 27.4 Å². The molecule has 0 bridgehead atoms. The Hall–Kier alpha value is -1.51. The maximum absolute atomic E-state index is 11.1. The van der Waals surface area contributed by atoms with E-state index in [0.29, 0.717) is 20.6 Å². The molecule has 1 N–H and O–H groups in total. The first kappa shape index (κ1) is 13.9. The topological polar surface area (TPSA) is 89.2 Å². The Morgan fingerprint density at radius 2 is 2.26 bits per heavy atom. The maximum atomic E-state index is 11.1. The molecule has 6 nitrogen and oxygen atoms in total. The van der Waals surface area contributed by atoms with E-state index in [0.717, 1.165) is 0 Å². The van der Waals surface area contributed by atoms with Crippen LogP contribution in [0.2, 0.25) is 0 Å². The highest BCUT2D eigenvalue weighted by molar-refractivity contribution is 8.01. The molecule has 0 amide bonds. The minimum Gasteiger partial charge on any atom is -0.389 e. The third kappa shape index (κ3) is 3.28. The van der Waals surface area contributed by atoms with Crippen molar-refractivity contribution in [1.82, 2.24) is 9.36 Å². The van der Waals surface area contributed by atoms with Gasteiger partial charge in [-0.05, 0) is 37.0 Å². The van der Waals surface area contributed by atoms with E-state index in [9.17, 15) is 15.2 Å². The van der Waals surface area contributed by atoms with Gasteiger partial charge >= 0.3 is 0 Å². The van der Waals surface area contributed by atoms with Gasteiger partial charge < -0.3 is 5.11 Å². The molecule has 2 rings (SSSR count). The predicted molar refractivity (Wildman–Crippen MR) is 72.5 cm³/mol. The van der Waals surface area contributed by atoms with Gasteiger partial charge in [-0.3, -0.25) is 10.1 Å². The second-order valence-electron chi connectivity index (χ2n) is 3.87. The molecule has 0 saturated heterocycles. The Bertz CT molecular complexity index is 613. The van der Waals surface area contributed by atoms with Crippen LogP contribution in [0.4, 0.5) is 5.69 Å². The van der Waals surface area contributed by atoms with Crippen molar-refractivity contribution < 1.29 is 10.0 Å². The summed E-state index contributed by atoms with van der Waals surface area (Å²) >= 11 is 2.41. The van der Waals surface area contributed by atoms with E-state index in [1.807, 2.05) is 0 Å². The number of aliphatic hydroxyl groups is 1. The zero-order valence-corrected chi connectivity index (χ0v) is 11.9. The number of hydrogen-bond donors (Lipinski definition) is 1. The van der Waals surface area contributed by atoms with Gasteiger partial charge in [-0.15, -0.1) is 0 Å². The van der Waals surface area contributed by atoms with Gasteiger partial charge in [-0.1, -0.05) is 17.8 Å². The number of aryl methyl sites for hydroxylation is 1. The lowest BCUT2D eigenvalue weighted by Gasteiger charge is -2.06. The zero-order chi connectivity index (χ0) is 14.0. The van der Waals surface area contributed by atoms with Crippen molar-refractivity contribution in [3.8, 4) is 0 Å². The molecular weight excluding hydrogens is 286 g/mol. The SMILES string of the molecule is Cc1nsc(Sc2ccc([C@@H](C)O)cc2[N+](=O)[O-])n1. The van der Waals surface area contributed by atoms with Gasteiger partial charge in [-0.25, -0.2) is 4.98 Å². The van der Waals surface area contributed by atoms with Crippen LogP contribution in [0.1, 0.15) is 24.4 Å². The Balaban J connectivity index is 2.36. The van der Waals surface area contributed by atoms with Crippen LogP contribution in [0.25, 0.3) is 0 Å². The molecule has 0 unspecified atom stereocenters. The number of nitro groups is 1. The van der Waals surface area contributed by atoms with Crippen molar-refractivity contribution in [3.63, 3.8) is 0 Å². The van der Waals surface area contributed by atoms with Gasteiger partial charge in [0, 0.05) is 6.07 Å². The normalized spacial score (nSPS) is 12.4. The molecule has 1 atom stereocenters. The molecule has 2 aromatic rings. The van der Waals surface area contributed by atoms with Gasteiger partial charge in [0.25, 0.3) is 5.69 Å². The van der Waals surface area contributed by atoms with Gasteiger partial charge in [-0.2, -0.15) is 4.37 Å². The number of rotatable bonds is 4. The molecule has 0 aliphatic carbocycles. The van der Waals surface area contributed by atoms with Crippen LogP contribution in [0.3, 0.4) is 0 Å². The van der Waals surface area contributed by atoms with Crippen molar-refractivity contribution in [3.05, 3.63) is 39.7 Å². The Morgan fingerprint density at radius 3 is 2.79 bits per heavy atom. The van der Waals surface area contributed by atoms with E-state index in [4.69, 9.17) is 0 Å². The average Bonchev–Trinajstić information content (AvgIpc) is 2.74. The quantitative estimate of drug-likeness (QED) is 0.689. The van der Waals surface area contributed by atoms with Crippen molar-refractivity contribution in [2.24, 2.45) is 0 Å². The summed E-state index contributed by atoms with van der Waals surface area (Å²) in [6, 6.07) is 4.69. The third-order valence-electron chi connectivity index (χ3n) is 2.37. The standard InChI is InChI=1S/C11H11N3O3S2/c1-6(15)8-3-4-10(9(5-8)14(16)17)18-11-12-7(2)13-19-11/h3-6,15H,1-2H3/t6-/m1/s1. The summed E-state index contributed by atoms with van der Waals surface area (Å²) in [7, 11) is 0. The van der Waals surface area contributed by atoms with E-state index in [1.165, 1.54) is 29.4 Å². The molecule has 1 aromatic carbocycles. The summed E-state index contributed by atoms with van der Waals surface area (Å²) in [6.07, 6.45) is -0.735. The second kappa shape index (κ2) is 5.64. The summed E-state index contributed by atoms with van der Waals surface area (Å²) in [6.45, 7) is 3.34. The number of hydrogen-bond acceptors (Lipinski definition) is 7. The van der Waals surface area contributed by atoms with Gasteiger partial charge in [0.2, 0.25) is 0 Å². The smallest absolute Gasteiger partial charge is 0.283 e. The summed E-state index contributed by atoms with van der Waals surface area (Å²) in [5.41, 5.74) is 0.487. The van der Waals surface area contributed by atoms with Gasteiger partial charge in [0.05, 0.1) is 15.9 Å². The Kier molecular flexibility index (Phi) is 4.13. The largest absolute Gasteiger partial charge is 0.389 e. The van der Waals surface area contributed by atoms with E-state index < -0.39 is 11.0 Å². The molecule has 0 saturated carbocycles. The van der Waals surface area contributed by atoms with Crippen LogP contribution in [0.5, 0.6) is 0 Å². The molecule has 1 aromatic heterocycles. The predicted octanol–water partition coefficient (Wildman–Crippen LogP) is 2.96. The van der Waals surface area contributed by atoms with Crippen LogP contribution in [0, 0.1) is 17.0 Å². The monoisotopic (exact) mass is 297 g/mol. The molecule has 0 spiro atoms. The van der Waals surface area contributed by atoms with Crippen molar-refractivity contribution >= 4 is 29.0 Å². The van der Waals surface area contributed by atoms with Crippen LogP contribution >= 0.6 is 23.3 Å². The number of aliphatic hydroxyl groups excluding tert-OH is 1. The molecule has 1 heterocycles. The highest BCUT2D eigenvalue weighted by atomic mass is 32.2. The van der Waals surface area contributed by atoms with Gasteiger partial charge in [0.1, 0.15) is 5.82 Å². The molecule has 19 heavy (non-hydrogen) atoms. The summed E-state index contributed by atoms with van der Waals surface area (Å²) in [4.78, 5) is 15.3. The van der Waals surface area contributed by atoms with Crippen LogP contribution < -0.4 is 0 Å². The Labute approximate surface area is 117 Å². The fraction of sp³-hybridized carbons (Fsp3) is 0.273. The lowest BCUT2D eigenvalue weighted by Crippen LogP contribution is -1.96. The number of aromatic nitrogens is 2. The minimum atomic E-state index is -0.735. The number of benzene rings is 1. The van der Waals surface area contributed by atoms with Crippen LogP contribution in [-0.2, 0) is 0 Å². The van der Waals surface area contributed by atoms with Crippen LogP contribution in [-0.4, -0.2) is 19.4 Å². The number of nitro benzene ring substituents is 1. The van der Waals surface area contributed by atoms with E-state index in [-0.39, 0.29) is 5.69 Å².